The topological polar surface area (TPSA) is 0 Å². The van der Waals surface area contributed by atoms with Gasteiger partial charge in [-0.15, -0.1) is 0 Å². The number of allylic oxidation sites excluding steroid dienone is 5. The quantitative estimate of drug-likeness (QED) is 0.544. The van der Waals surface area contributed by atoms with Crippen molar-refractivity contribution in [3.63, 3.8) is 0 Å². The lowest BCUT2D eigenvalue weighted by Crippen LogP contribution is -1.92. The lowest BCUT2D eigenvalue weighted by Gasteiger charge is -2.07. The van der Waals surface area contributed by atoms with Gasteiger partial charge in [0.2, 0.25) is 0 Å². The molecule has 0 fully saturated rings. The molecule has 0 rings (SSSR count). The van der Waals surface area contributed by atoms with Crippen molar-refractivity contribution in [2.45, 2.75) is 40.5 Å². The number of rotatable bonds is 5. The van der Waals surface area contributed by atoms with Crippen LogP contribution in [-0.2, 0) is 0 Å². The normalized spacial score (nSPS) is 15.7. The molecule has 0 aliphatic heterocycles. The second kappa shape index (κ2) is 6.71. The van der Waals surface area contributed by atoms with Crippen LogP contribution in [0.1, 0.15) is 40.5 Å². The molecule has 0 aromatic rings. The molecule has 13 heavy (non-hydrogen) atoms. The molecule has 0 radical (unpaired) electrons. The summed E-state index contributed by atoms with van der Waals surface area (Å²) < 4.78 is 0. The smallest absolute Gasteiger partial charge is 0.0234 e. The summed E-state index contributed by atoms with van der Waals surface area (Å²) in [4.78, 5) is 0. The van der Waals surface area contributed by atoms with E-state index in [1.807, 2.05) is 6.08 Å². The van der Waals surface area contributed by atoms with Crippen molar-refractivity contribution in [3.05, 3.63) is 36.0 Å². The van der Waals surface area contributed by atoms with Gasteiger partial charge in [-0.25, -0.2) is 0 Å². The molecule has 0 bridgehead atoms. The molecule has 0 amide bonds. The molecular weight excluding hydrogens is 156 g/mol. The monoisotopic (exact) mass is 178 g/mol. The standard InChI is InChI=1S/C13H22/c1-6-11(4)12(5)9-10-13(7-2)8-3/h7,9-11H,2,6,8H2,1,3-5H3. The molecule has 0 saturated heterocycles. The fourth-order valence-electron chi connectivity index (χ4n) is 1.05. The Morgan fingerprint density at radius 1 is 1.31 bits per heavy atom. The van der Waals surface area contributed by atoms with Crippen LogP contribution < -0.4 is 0 Å². The Bertz CT molecular complexity index is 206. The molecule has 0 nitrogen and oxygen atoms in total. The van der Waals surface area contributed by atoms with Gasteiger partial charge < -0.3 is 0 Å². The van der Waals surface area contributed by atoms with Crippen molar-refractivity contribution < 1.29 is 0 Å². The van der Waals surface area contributed by atoms with Crippen LogP contribution in [0.2, 0.25) is 0 Å². The van der Waals surface area contributed by atoms with Gasteiger partial charge in [-0.2, -0.15) is 0 Å². The van der Waals surface area contributed by atoms with Crippen molar-refractivity contribution >= 4 is 0 Å². The van der Waals surface area contributed by atoms with Crippen LogP contribution >= 0.6 is 0 Å². The summed E-state index contributed by atoms with van der Waals surface area (Å²) in [6.07, 6.45) is 8.60. The first-order chi connectivity index (χ1) is 6.15. The second-order valence-corrected chi connectivity index (χ2v) is 3.52. The van der Waals surface area contributed by atoms with E-state index >= 15 is 0 Å². The van der Waals surface area contributed by atoms with Crippen LogP contribution in [-0.4, -0.2) is 0 Å². The zero-order valence-corrected chi connectivity index (χ0v) is 9.43. The molecular formula is C13H22. The molecule has 0 aliphatic carbocycles. The largest absolute Gasteiger partial charge is 0.0988 e. The molecule has 0 aromatic heterocycles. The fourth-order valence-corrected chi connectivity index (χ4v) is 1.05. The number of hydrogen-bond acceptors (Lipinski definition) is 0. The van der Waals surface area contributed by atoms with Gasteiger partial charge in [-0.1, -0.05) is 51.2 Å². The van der Waals surface area contributed by atoms with Gasteiger partial charge in [0.25, 0.3) is 0 Å². The molecule has 0 saturated carbocycles. The summed E-state index contributed by atoms with van der Waals surface area (Å²) in [5.41, 5.74) is 2.76. The minimum absolute atomic E-state index is 0.694. The molecule has 74 valence electrons. The summed E-state index contributed by atoms with van der Waals surface area (Å²) in [7, 11) is 0. The van der Waals surface area contributed by atoms with Gasteiger partial charge in [0.1, 0.15) is 0 Å². The summed E-state index contributed by atoms with van der Waals surface area (Å²) in [6.45, 7) is 12.6. The van der Waals surface area contributed by atoms with Crippen molar-refractivity contribution in [1.82, 2.24) is 0 Å². The van der Waals surface area contributed by atoms with Gasteiger partial charge in [0.15, 0.2) is 0 Å². The summed E-state index contributed by atoms with van der Waals surface area (Å²) in [5, 5.41) is 0. The van der Waals surface area contributed by atoms with Gasteiger partial charge >= 0.3 is 0 Å². The molecule has 0 heteroatoms. The molecule has 0 aliphatic rings. The third-order valence-corrected chi connectivity index (χ3v) is 2.62. The molecule has 0 N–H and O–H groups in total. The fraction of sp³-hybridized carbons (Fsp3) is 0.538. The lowest BCUT2D eigenvalue weighted by molar-refractivity contribution is 0.655. The lowest BCUT2D eigenvalue weighted by atomic mass is 9.99. The van der Waals surface area contributed by atoms with E-state index in [4.69, 9.17) is 0 Å². The van der Waals surface area contributed by atoms with Gasteiger partial charge in [-0.3, -0.25) is 0 Å². The zero-order chi connectivity index (χ0) is 10.3. The third kappa shape index (κ3) is 4.72. The first kappa shape index (κ1) is 12.2. The highest BCUT2D eigenvalue weighted by molar-refractivity contribution is 5.24. The summed E-state index contributed by atoms with van der Waals surface area (Å²) in [5.74, 6) is 0.694. The van der Waals surface area contributed by atoms with E-state index < -0.39 is 0 Å². The van der Waals surface area contributed by atoms with E-state index in [1.54, 1.807) is 0 Å². The average Bonchev–Trinajstić information content (AvgIpc) is 2.17. The molecule has 0 spiro atoms. The van der Waals surface area contributed by atoms with E-state index in [0.29, 0.717) is 5.92 Å². The van der Waals surface area contributed by atoms with Crippen LogP contribution in [0.5, 0.6) is 0 Å². The zero-order valence-electron chi connectivity index (χ0n) is 9.43. The SMILES string of the molecule is C=CC(=CC=C(C)C(C)CC)CC. The predicted molar refractivity (Wildman–Crippen MR) is 61.8 cm³/mol. The first-order valence-electron chi connectivity index (χ1n) is 5.15. The first-order valence-corrected chi connectivity index (χ1v) is 5.15. The Kier molecular flexibility index (Phi) is 6.30. The Morgan fingerprint density at radius 3 is 2.31 bits per heavy atom. The molecule has 1 unspecified atom stereocenters. The molecule has 0 heterocycles. The van der Waals surface area contributed by atoms with Crippen LogP contribution in [0, 0.1) is 5.92 Å². The average molecular weight is 178 g/mol. The third-order valence-electron chi connectivity index (χ3n) is 2.62. The minimum Gasteiger partial charge on any atom is -0.0988 e. The molecule has 0 aromatic carbocycles. The van der Waals surface area contributed by atoms with E-state index in [1.165, 1.54) is 17.6 Å². The van der Waals surface area contributed by atoms with Gasteiger partial charge in [0.05, 0.1) is 0 Å². The van der Waals surface area contributed by atoms with Crippen molar-refractivity contribution in [3.8, 4) is 0 Å². The van der Waals surface area contributed by atoms with Crippen LogP contribution in [0.4, 0.5) is 0 Å². The molecule has 1 atom stereocenters. The van der Waals surface area contributed by atoms with E-state index in [2.05, 4.69) is 46.4 Å². The maximum Gasteiger partial charge on any atom is -0.0234 e. The van der Waals surface area contributed by atoms with Gasteiger partial charge in [-0.05, 0) is 31.3 Å². The van der Waals surface area contributed by atoms with Crippen LogP contribution in [0.15, 0.2) is 36.0 Å². The minimum atomic E-state index is 0.694. The van der Waals surface area contributed by atoms with Crippen LogP contribution in [0.3, 0.4) is 0 Å². The van der Waals surface area contributed by atoms with E-state index in [9.17, 15) is 0 Å². The summed E-state index contributed by atoms with van der Waals surface area (Å²) in [6, 6.07) is 0. The maximum absolute atomic E-state index is 3.78. The van der Waals surface area contributed by atoms with E-state index in [0.717, 1.165) is 6.42 Å². The Balaban J connectivity index is 4.38. The van der Waals surface area contributed by atoms with Crippen molar-refractivity contribution in [2.24, 2.45) is 5.92 Å². The highest BCUT2D eigenvalue weighted by Crippen LogP contribution is 2.14. The Labute approximate surface area is 83.0 Å². The van der Waals surface area contributed by atoms with Crippen molar-refractivity contribution in [2.75, 3.05) is 0 Å². The Morgan fingerprint density at radius 2 is 1.92 bits per heavy atom. The second-order valence-electron chi connectivity index (χ2n) is 3.52. The van der Waals surface area contributed by atoms with Crippen LogP contribution in [0.25, 0.3) is 0 Å². The van der Waals surface area contributed by atoms with E-state index in [-0.39, 0.29) is 0 Å². The maximum atomic E-state index is 3.78. The highest BCUT2D eigenvalue weighted by Gasteiger charge is 1.98. The van der Waals surface area contributed by atoms with Crippen molar-refractivity contribution in [1.29, 1.82) is 0 Å². The summed E-state index contributed by atoms with van der Waals surface area (Å²) >= 11 is 0. The Hall–Kier alpha value is -0.780. The highest BCUT2D eigenvalue weighted by atomic mass is 14.0. The van der Waals surface area contributed by atoms with Gasteiger partial charge in [0, 0.05) is 0 Å². The number of hydrogen-bond donors (Lipinski definition) is 0. The predicted octanol–water partition coefficient (Wildman–Crippen LogP) is 4.50.